The zero-order chi connectivity index (χ0) is 51.4. The van der Waals surface area contributed by atoms with E-state index in [0.717, 1.165) is 96.3 Å². The van der Waals surface area contributed by atoms with Gasteiger partial charge in [-0.1, -0.05) is 231 Å². The highest BCUT2D eigenvalue weighted by atomic mass is 16.6. The van der Waals surface area contributed by atoms with Gasteiger partial charge in [-0.3, -0.25) is 14.4 Å². The summed E-state index contributed by atoms with van der Waals surface area (Å²) in [7, 11) is 0. The number of allylic oxidation sites excluding steroid dienone is 24. The van der Waals surface area contributed by atoms with Crippen molar-refractivity contribution in [2.75, 3.05) is 13.2 Å². The normalized spacial score (nSPS) is 13.2. The van der Waals surface area contributed by atoms with Gasteiger partial charge in [0.2, 0.25) is 0 Å². The minimum Gasteiger partial charge on any atom is -0.462 e. The number of unbranched alkanes of at least 4 members (excludes halogenated alkanes) is 14. The number of ether oxygens (including phenoxy) is 3. The summed E-state index contributed by atoms with van der Waals surface area (Å²) >= 11 is 0. The molecule has 0 aromatic carbocycles. The Bertz CT molecular complexity index is 1590. The van der Waals surface area contributed by atoms with Crippen molar-refractivity contribution in [2.24, 2.45) is 0 Å². The zero-order valence-corrected chi connectivity index (χ0v) is 45.4. The first-order valence-electron chi connectivity index (χ1n) is 28.3. The Hall–Kier alpha value is -4.71. The van der Waals surface area contributed by atoms with E-state index >= 15 is 0 Å². The van der Waals surface area contributed by atoms with Gasteiger partial charge in [-0.15, -0.1) is 0 Å². The van der Waals surface area contributed by atoms with Crippen LogP contribution in [0.1, 0.15) is 226 Å². The number of carbonyl (C=O) groups excluding carboxylic acids is 3. The van der Waals surface area contributed by atoms with E-state index in [9.17, 15) is 14.4 Å². The summed E-state index contributed by atoms with van der Waals surface area (Å²) in [5.74, 6) is -1.09. The van der Waals surface area contributed by atoms with Crippen molar-refractivity contribution in [1.82, 2.24) is 0 Å². The number of carbonyl (C=O) groups is 3. The molecule has 0 aliphatic carbocycles. The molecule has 0 spiro atoms. The molecule has 0 saturated heterocycles. The lowest BCUT2D eigenvalue weighted by Crippen LogP contribution is -2.30. The molecule has 0 aliphatic rings. The van der Waals surface area contributed by atoms with Crippen LogP contribution in [0.5, 0.6) is 0 Å². The molecule has 0 rings (SSSR count). The van der Waals surface area contributed by atoms with E-state index in [1.165, 1.54) is 77.0 Å². The smallest absolute Gasteiger partial charge is 0.306 e. The Kier molecular flexibility index (Phi) is 54.0. The summed E-state index contributed by atoms with van der Waals surface area (Å²) in [6.07, 6.45) is 82.8. The van der Waals surface area contributed by atoms with E-state index in [0.29, 0.717) is 19.3 Å². The van der Waals surface area contributed by atoms with Gasteiger partial charge in [0.05, 0.1) is 0 Å². The maximum absolute atomic E-state index is 12.8. The molecule has 0 amide bonds. The molecule has 0 aromatic heterocycles. The molecular weight excluding hydrogens is 877 g/mol. The Labute approximate surface area is 436 Å². The number of hydrogen-bond donors (Lipinski definition) is 0. The van der Waals surface area contributed by atoms with Crippen LogP contribution in [0.15, 0.2) is 146 Å². The predicted molar refractivity (Wildman–Crippen MR) is 306 cm³/mol. The zero-order valence-electron chi connectivity index (χ0n) is 45.4. The largest absolute Gasteiger partial charge is 0.462 e. The highest BCUT2D eigenvalue weighted by Gasteiger charge is 2.19. The molecule has 0 N–H and O–H groups in total. The van der Waals surface area contributed by atoms with Crippen molar-refractivity contribution in [3.05, 3.63) is 146 Å². The van der Waals surface area contributed by atoms with Gasteiger partial charge in [0.25, 0.3) is 0 Å². The number of rotatable bonds is 49. The molecule has 0 unspecified atom stereocenters. The molecule has 0 saturated carbocycles. The van der Waals surface area contributed by atoms with E-state index < -0.39 is 12.1 Å². The predicted octanol–water partition coefficient (Wildman–Crippen LogP) is 19.2. The van der Waals surface area contributed by atoms with E-state index in [-0.39, 0.29) is 38.0 Å². The van der Waals surface area contributed by atoms with Crippen LogP contribution in [-0.2, 0) is 28.6 Å². The van der Waals surface area contributed by atoms with Crippen molar-refractivity contribution < 1.29 is 28.6 Å². The lowest BCUT2D eigenvalue weighted by Gasteiger charge is -2.18. The van der Waals surface area contributed by atoms with Crippen molar-refractivity contribution in [2.45, 2.75) is 232 Å². The summed E-state index contributed by atoms with van der Waals surface area (Å²) in [5, 5.41) is 0. The SMILES string of the molecule is CC/C=C\C/C=C\C/C=C\C/C=C\C/C=C\C/C=C\CCC(=O)OC[C@@H](COC(=O)CCCCCCCCC/C=C\CCCCCCCC)OC(=O)CCC/C=C\C/C=C\C/C=C\C/C=C\C/C=C\CC. The molecule has 0 bridgehead atoms. The lowest BCUT2D eigenvalue weighted by molar-refractivity contribution is -0.166. The summed E-state index contributed by atoms with van der Waals surface area (Å²) < 4.78 is 16.7. The monoisotopic (exact) mass is 979 g/mol. The number of esters is 3. The van der Waals surface area contributed by atoms with Crippen molar-refractivity contribution in [1.29, 1.82) is 0 Å². The van der Waals surface area contributed by atoms with Crippen LogP contribution in [0.2, 0.25) is 0 Å². The summed E-state index contributed by atoms with van der Waals surface area (Å²) in [6.45, 7) is 6.28. The fourth-order valence-corrected chi connectivity index (χ4v) is 7.14. The Morgan fingerprint density at radius 1 is 0.296 bits per heavy atom. The van der Waals surface area contributed by atoms with Gasteiger partial charge in [0.15, 0.2) is 6.10 Å². The Balaban J connectivity index is 4.62. The van der Waals surface area contributed by atoms with E-state index in [1.54, 1.807) is 0 Å². The average molecular weight is 980 g/mol. The van der Waals surface area contributed by atoms with Crippen LogP contribution in [0.3, 0.4) is 0 Å². The molecule has 6 heteroatoms. The molecule has 0 aromatic rings. The van der Waals surface area contributed by atoms with Gasteiger partial charge in [-0.05, 0) is 122 Å². The van der Waals surface area contributed by atoms with E-state index in [4.69, 9.17) is 14.2 Å². The molecule has 6 nitrogen and oxygen atoms in total. The summed E-state index contributed by atoms with van der Waals surface area (Å²) in [4.78, 5) is 38.1. The van der Waals surface area contributed by atoms with Crippen molar-refractivity contribution in [3.8, 4) is 0 Å². The Morgan fingerprint density at radius 3 is 1.00 bits per heavy atom. The topological polar surface area (TPSA) is 78.9 Å². The average Bonchev–Trinajstić information content (AvgIpc) is 3.37. The Morgan fingerprint density at radius 2 is 0.592 bits per heavy atom. The van der Waals surface area contributed by atoms with Crippen molar-refractivity contribution >= 4 is 17.9 Å². The van der Waals surface area contributed by atoms with Crippen LogP contribution in [0, 0.1) is 0 Å². The minimum absolute atomic E-state index is 0.132. The third-order valence-corrected chi connectivity index (χ3v) is 11.3. The minimum atomic E-state index is -0.847. The van der Waals surface area contributed by atoms with Gasteiger partial charge >= 0.3 is 17.9 Å². The highest BCUT2D eigenvalue weighted by molar-refractivity contribution is 5.71. The maximum Gasteiger partial charge on any atom is 0.306 e. The molecule has 1 atom stereocenters. The fourth-order valence-electron chi connectivity index (χ4n) is 7.14. The third-order valence-electron chi connectivity index (χ3n) is 11.3. The second-order valence-corrected chi connectivity index (χ2v) is 18.1. The van der Waals surface area contributed by atoms with Gasteiger partial charge in [-0.25, -0.2) is 0 Å². The number of hydrogen-bond acceptors (Lipinski definition) is 6. The second kappa shape index (κ2) is 57.9. The first kappa shape index (κ1) is 66.3. The fraction of sp³-hybridized carbons (Fsp3) is 0.585. The molecule has 0 radical (unpaired) electrons. The van der Waals surface area contributed by atoms with Gasteiger partial charge < -0.3 is 14.2 Å². The van der Waals surface area contributed by atoms with Crippen LogP contribution < -0.4 is 0 Å². The standard InChI is InChI=1S/C65H102O6/c1-4-7-10-13-16-19-22-25-28-31-32-35-37-40-43-46-49-52-55-58-64(67)70-61-62(71-65(68)59-56-53-50-47-44-41-38-34-30-27-24-21-18-15-12-9-6-3)60-69-63(66)57-54-51-48-45-42-39-36-33-29-26-23-20-17-14-11-8-5-2/h7,9-10,12,16,18-19,21,25-30,32,35,38,40-41,43,47,49-50,52,62H,4-6,8,11,13-15,17,20,22-24,31,33-34,36-37,39,42,44-46,48,51,53-61H2,1-3H3/b10-7-,12-9-,19-16-,21-18-,28-25-,29-26-,30-27-,35-32-,41-38-,43-40-,50-47-,52-49-/t62-/m1/s1. The molecule has 0 fully saturated rings. The third kappa shape index (κ3) is 56.1. The van der Waals surface area contributed by atoms with Gasteiger partial charge in [0.1, 0.15) is 13.2 Å². The summed E-state index contributed by atoms with van der Waals surface area (Å²) in [5.41, 5.74) is 0. The second-order valence-electron chi connectivity index (χ2n) is 18.1. The van der Waals surface area contributed by atoms with Crippen LogP contribution >= 0.6 is 0 Å². The van der Waals surface area contributed by atoms with Crippen molar-refractivity contribution in [3.63, 3.8) is 0 Å². The maximum atomic E-state index is 12.8. The highest BCUT2D eigenvalue weighted by Crippen LogP contribution is 2.13. The molecule has 0 aliphatic heterocycles. The van der Waals surface area contributed by atoms with E-state index in [1.807, 2.05) is 12.2 Å². The lowest BCUT2D eigenvalue weighted by atomic mass is 10.1. The van der Waals surface area contributed by atoms with Gasteiger partial charge in [0, 0.05) is 19.3 Å². The first-order valence-corrected chi connectivity index (χ1v) is 28.3. The van der Waals surface area contributed by atoms with Crippen LogP contribution in [-0.4, -0.2) is 37.2 Å². The van der Waals surface area contributed by atoms with Crippen LogP contribution in [0.25, 0.3) is 0 Å². The summed E-state index contributed by atoms with van der Waals surface area (Å²) in [6, 6.07) is 0. The first-order chi connectivity index (χ1) is 35.0. The molecule has 71 heavy (non-hydrogen) atoms. The molecular formula is C65H102O6. The van der Waals surface area contributed by atoms with Crippen LogP contribution in [0.4, 0.5) is 0 Å². The quantitative estimate of drug-likeness (QED) is 0.0262. The van der Waals surface area contributed by atoms with Gasteiger partial charge in [-0.2, -0.15) is 0 Å². The molecule has 0 heterocycles. The molecule has 398 valence electrons. The van der Waals surface area contributed by atoms with E-state index in [2.05, 4.69) is 154 Å².